The van der Waals surface area contributed by atoms with Gasteiger partial charge in [-0.05, 0) is 41.0 Å². The topological polar surface area (TPSA) is 30.2 Å². The van der Waals surface area contributed by atoms with E-state index in [0.717, 1.165) is 17.4 Å². The molecule has 1 aromatic carbocycles. The van der Waals surface area contributed by atoms with Gasteiger partial charge in [0.05, 0.1) is 0 Å². The van der Waals surface area contributed by atoms with Gasteiger partial charge in [-0.15, -0.1) is 0 Å². The van der Waals surface area contributed by atoms with E-state index in [1.807, 2.05) is 19.1 Å². The molecule has 2 rings (SSSR count). The number of carbonyl (C=O) groups is 1. The lowest BCUT2D eigenvalue weighted by Gasteiger charge is -2.33. The highest BCUT2D eigenvalue weighted by molar-refractivity contribution is 5.97. The molecule has 2 nitrogen and oxygen atoms in total. The second-order valence-electron chi connectivity index (χ2n) is 7.76. The van der Waals surface area contributed by atoms with Crippen LogP contribution in [0, 0.1) is 5.41 Å². The van der Waals surface area contributed by atoms with Crippen molar-refractivity contribution in [1.82, 2.24) is 0 Å². The Morgan fingerprint density at radius 1 is 1.10 bits per heavy atom. The maximum absolute atomic E-state index is 11.8. The Morgan fingerprint density at radius 2 is 1.76 bits per heavy atom. The van der Waals surface area contributed by atoms with E-state index in [0.29, 0.717) is 12.2 Å². The molecule has 0 fully saturated rings. The lowest BCUT2D eigenvalue weighted by molar-refractivity contribution is 0.0963. The van der Waals surface area contributed by atoms with Crippen molar-refractivity contribution in [1.29, 1.82) is 0 Å². The van der Waals surface area contributed by atoms with Crippen LogP contribution in [0.15, 0.2) is 28.7 Å². The molecule has 0 radical (unpaired) electrons. The Hall–Kier alpha value is -1.57. The maximum Gasteiger partial charge on any atom is 0.197 e. The number of ketones is 1. The first-order chi connectivity index (χ1) is 9.62. The molecule has 0 spiro atoms. The quantitative estimate of drug-likeness (QED) is 0.671. The molecule has 2 aromatic rings. The number of Topliss-reactive ketones (excluding diaryl/α,β-unsaturated/α-hetero) is 1. The summed E-state index contributed by atoms with van der Waals surface area (Å²) in [6.07, 6.45) is 1.58. The number of carbonyl (C=O) groups excluding carboxylic acids is 1. The fourth-order valence-corrected chi connectivity index (χ4v) is 3.20. The molecule has 0 saturated carbocycles. The van der Waals surface area contributed by atoms with Crippen LogP contribution in [0.25, 0.3) is 11.0 Å². The summed E-state index contributed by atoms with van der Waals surface area (Å²) < 4.78 is 5.64. The molecule has 2 heteroatoms. The maximum atomic E-state index is 11.8. The lowest BCUT2D eigenvalue weighted by atomic mass is 9.72. The van der Waals surface area contributed by atoms with E-state index in [2.05, 4.69) is 46.8 Å². The van der Waals surface area contributed by atoms with Crippen LogP contribution in [0.3, 0.4) is 0 Å². The van der Waals surface area contributed by atoms with Crippen molar-refractivity contribution < 1.29 is 9.21 Å². The molecular weight excluding hydrogens is 260 g/mol. The van der Waals surface area contributed by atoms with E-state index in [1.54, 1.807) is 0 Å². The van der Waals surface area contributed by atoms with Crippen LogP contribution < -0.4 is 0 Å². The molecule has 0 aliphatic carbocycles. The van der Waals surface area contributed by atoms with Gasteiger partial charge in [-0.2, -0.15) is 0 Å². The number of hydrogen-bond donors (Lipinski definition) is 0. The molecule has 21 heavy (non-hydrogen) atoms. The summed E-state index contributed by atoms with van der Waals surface area (Å²) in [5, 5.41) is 1.02. The van der Waals surface area contributed by atoms with Gasteiger partial charge in [0.15, 0.2) is 11.5 Å². The minimum atomic E-state index is 0.0571. The molecule has 0 aliphatic rings. The highest BCUT2D eigenvalue weighted by Crippen LogP contribution is 2.37. The molecule has 0 amide bonds. The van der Waals surface area contributed by atoms with Crippen LogP contribution in [-0.2, 0) is 5.41 Å². The third-order valence-corrected chi connectivity index (χ3v) is 3.87. The van der Waals surface area contributed by atoms with Crippen molar-refractivity contribution in [2.45, 2.75) is 59.8 Å². The van der Waals surface area contributed by atoms with Crippen LogP contribution in [0.4, 0.5) is 0 Å². The van der Waals surface area contributed by atoms with Crippen molar-refractivity contribution in [3.05, 3.63) is 35.6 Å². The first kappa shape index (κ1) is 15.8. The molecule has 1 aromatic heterocycles. The second kappa shape index (κ2) is 5.32. The van der Waals surface area contributed by atoms with Crippen molar-refractivity contribution >= 4 is 16.8 Å². The van der Waals surface area contributed by atoms with Gasteiger partial charge in [-0.25, -0.2) is 0 Å². The summed E-state index contributed by atoms with van der Waals surface area (Å²) in [6, 6.07) is 8.15. The third-order valence-electron chi connectivity index (χ3n) is 3.87. The molecule has 0 bridgehead atoms. The highest BCUT2D eigenvalue weighted by Gasteiger charge is 2.27. The summed E-state index contributed by atoms with van der Waals surface area (Å²) in [6.45, 7) is 13.2. The molecule has 114 valence electrons. The van der Waals surface area contributed by atoms with E-state index < -0.39 is 0 Å². The third kappa shape index (κ3) is 3.55. The van der Waals surface area contributed by atoms with E-state index in [-0.39, 0.29) is 16.6 Å². The zero-order valence-electron chi connectivity index (χ0n) is 14.0. The fourth-order valence-electron chi connectivity index (χ4n) is 3.20. The number of benzene rings is 1. The summed E-state index contributed by atoms with van der Waals surface area (Å²) in [7, 11) is 0. The summed E-state index contributed by atoms with van der Waals surface area (Å²) in [5.41, 5.74) is 2.46. The molecule has 0 N–H and O–H groups in total. The van der Waals surface area contributed by atoms with Crippen LogP contribution in [0.2, 0.25) is 0 Å². The van der Waals surface area contributed by atoms with Gasteiger partial charge < -0.3 is 4.42 Å². The van der Waals surface area contributed by atoms with Crippen LogP contribution in [0.1, 0.15) is 70.5 Å². The van der Waals surface area contributed by atoms with Gasteiger partial charge in [-0.3, -0.25) is 4.79 Å². The average molecular weight is 286 g/mol. The Balaban J connectivity index is 2.40. The molecule has 0 unspecified atom stereocenters. The first-order valence-electron chi connectivity index (χ1n) is 7.70. The average Bonchev–Trinajstić information content (AvgIpc) is 2.77. The SMILES string of the molecule is CCC(=O)c1cc2cc(C(C)(C)CC(C)(C)C)ccc2o1. The molecule has 0 saturated heterocycles. The summed E-state index contributed by atoms with van der Waals surface area (Å²) in [4.78, 5) is 11.8. The number of hydrogen-bond acceptors (Lipinski definition) is 2. The first-order valence-corrected chi connectivity index (χ1v) is 7.70. The minimum absolute atomic E-state index is 0.0571. The molecule has 0 atom stereocenters. The molecular formula is C19H26O2. The monoisotopic (exact) mass is 286 g/mol. The number of furan rings is 1. The van der Waals surface area contributed by atoms with E-state index >= 15 is 0 Å². The van der Waals surface area contributed by atoms with E-state index in [9.17, 15) is 4.79 Å². The fraction of sp³-hybridized carbons (Fsp3) is 0.526. The zero-order chi connectivity index (χ0) is 15.8. The van der Waals surface area contributed by atoms with Crippen molar-refractivity contribution in [3.63, 3.8) is 0 Å². The van der Waals surface area contributed by atoms with Gasteiger partial charge in [0.2, 0.25) is 0 Å². The van der Waals surface area contributed by atoms with Crippen molar-refractivity contribution in [2.24, 2.45) is 5.41 Å². The standard InChI is InChI=1S/C19H26O2/c1-7-15(20)17-11-13-10-14(8-9-16(13)21-17)19(5,6)12-18(2,3)4/h8-11H,7,12H2,1-6H3. The predicted octanol–water partition coefficient (Wildman–Crippen LogP) is 5.74. The second-order valence-corrected chi connectivity index (χ2v) is 7.76. The Bertz CT molecular complexity index is 654. The Morgan fingerprint density at radius 3 is 2.33 bits per heavy atom. The molecule has 0 aliphatic heterocycles. The van der Waals surface area contributed by atoms with Gasteiger partial charge in [0, 0.05) is 11.8 Å². The van der Waals surface area contributed by atoms with Crippen LogP contribution >= 0.6 is 0 Å². The normalized spacial score (nSPS) is 12.9. The number of rotatable bonds is 4. The van der Waals surface area contributed by atoms with Crippen LogP contribution in [0.5, 0.6) is 0 Å². The largest absolute Gasteiger partial charge is 0.453 e. The van der Waals surface area contributed by atoms with Gasteiger partial charge in [-0.1, -0.05) is 47.6 Å². The zero-order valence-corrected chi connectivity index (χ0v) is 14.0. The highest BCUT2D eigenvalue weighted by atomic mass is 16.3. The summed E-state index contributed by atoms with van der Waals surface area (Å²) >= 11 is 0. The smallest absolute Gasteiger partial charge is 0.197 e. The molecule has 1 heterocycles. The number of fused-ring (bicyclic) bond motifs is 1. The van der Waals surface area contributed by atoms with Crippen molar-refractivity contribution in [3.8, 4) is 0 Å². The van der Waals surface area contributed by atoms with Gasteiger partial charge >= 0.3 is 0 Å². The Kier molecular flexibility index (Phi) is 4.01. The van der Waals surface area contributed by atoms with E-state index in [1.165, 1.54) is 5.56 Å². The van der Waals surface area contributed by atoms with Crippen LogP contribution in [-0.4, -0.2) is 5.78 Å². The summed E-state index contributed by atoms with van der Waals surface area (Å²) in [5.74, 6) is 0.528. The van der Waals surface area contributed by atoms with Crippen molar-refractivity contribution in [2.75, 3.05) is 0 Å². The lowest BCUT2D eigenvalue weighted by Crippen LogP contribution is -2.24. The van der Waals surface area contributed by atoms with E-state index in [4.69, 9.17) is 4.42 Å². The Labute approximate surface area is 127 Å². The van der Waals surface area contributed by atoms with Gasteiger partial charge in [0.1, 0.15) is 5.58 Å². The minimum Gasteiger partial charge on any atom is -0.453 e. The predicted molar refractivity (Wildman–Crippen MR) is 87.9 cm³/mol. The van der Waals surface area contributed by atoms with Gasteiger partial charge in [0.25, 0.3) is 0 Å².